The monoisotopic (exact) mass is 325 g/mol. The molecule has 3 heteroatoms. The van der Waals surface area contributed by atoms with Gasteiger partial charge in [-0.1, -0.05) is 56.3 Å². The SMILES string of the molecule is COc1ccc(CCC(=O)NC(CC(C)C)c2ccccc2)cc1. The van der Waals surface area contributed by atoms with E-state index in [1.807, 2.05) is 42.5 Å². The highest BCUT2D eigenvalue weighted by Crippen LogP contribution is 2.21. The highest BCUT2D eigenvalue weighted by Gasteiger charge is 2.15. The molecule has 1 unspecified atom stereocenters. The molecule has 0 bridgehead atoms. The average Bonchev–Trinajstić information content (AvgIpc) is 2.60. The molecule has 2 aromatic rings. The summed E-state index contributed by atoms with van der Waals surface area (Å²) in [6, 6.07) is 18.2. The third-order valence-electron chi connectivity index (χ3n) is 4.04. The van der Waals surface area contributed by atoms with Crippen molar-refractivity contribution in [2.45, 2.75) is 39.2 Å². The lowest BCUT2D eigenvalue weighted by Gasteiger charge is -2.21. The molecule has 1 N–H and O–H groups in total. The molecule has 0 aromatic heterocycles. The predicted molar refractivity (Wildman–Crippen MR) is 98.1 cm³/mol. The molecule has 1 amide bonds. The van der Waals surface area contributed by atoms with Gasteiger partial charge in [-0.15, -0.1) is 0 Å². The van der Waals surface area contributed by atoms with Crippen molar-refractivity contribution in [1.82, 2.24) is 5.32 Å². The van der Waals surface area contributed by atoms with Gasteiger partial charge in [0.05, 0.1) is 13.2 Å². The third-order valence-corrected chi connectivity index (χ3v) is 4.04. The fourth-order valence-corrected chi connectivity index (χ4v) is 2.75. The van der Waals surface area contributed by atoms with E-state index < -0.39 is 0 Å². The predicted octanol–water partition coefficient (Wildman–Crippen LogP) is 4.53. The topological polar surface area (TPSA) is 38.3 Å². The first-order valence-corrected chi connectivity index (χ1v) is 8.55. The molecule has 0 radical (unpaired) electrons. The van der Waals surface area contributed by atoms with Gasteiger partial charge in [0, 0.05) is 6.42 Å². The van der Waals surface area contributed by atoms with Crippen LogP contribution in [0.25, 0.3) is 0 Å². The number of ether oxygens (including phenoxy) is 1. The van der Waals surface area contributed by atoms with Crippen LogP contribution in [-0.2, 0) is 11.2 Å². The van der Waals surface area contributed by atoms with Gasteiger partial charge in [-0.25, -0.2) is 0 Å². The van der Waals surface area contributed by atoms with Crippen molar-refractivity contribution < 1.29 is 9.53 Å². The van der Waals surface area contributed by atoms with Gasteiger partial charge in [-0.3, -0.25) is 4.79 Å². The molecular weight excluding hydrogens is 298 g/mol. The largest absolute Gasteiger partial charge is 0.497 e. The fourth-order valence-electron chi connectivity index (χ4n) is 2.75. The first kappa shape index (κ1) is 18.1. The molecule has 1 atom stereocenters. The van der Waals surface area contributed by atoms with Crippen LogP contribution in [0.1, 0.15) is 43.9 Å². The lowest BCUT2D eigenvalue weighted by molar-refractivity contribution is -0.121. The Kier molecular flexibility index (Phi) is 6.86. The Morgan fingerprint density at radius 2 is 1.71 bits per heavy atom. The highest BCUT2D eigenvalue weighted by atomic mass is 16.5. The van der Waals surface area contributed by atoms with Crippen LogP contribution in [0.3, 0.4) is 0 Å². The number of carbonyl (C=O) groups is 1. The number of rotatable bonds is 8. The standard InChI is InChI=1S/C21H27NO2/c1-16(2)15-20(18-7-5-4-6-8-18)22-21(23)14-11-17-9-12-19(24-3)13-10-17/h4-10,12-13,16,20H,11,14-15H2,1-3H3,(H,22,23). The summed E-state index contributed by atoms with van der Waals surface area (Å²) in [4.78, 5) is 12.4. The minimum Gasteiger partial charge on any atom is -0.497 e. The lowest BCUT2D eigenvalue weighted by Crippen LogP contribution is -2.29. The van der Waals surface area contributed by atoms with Crippen LogP contribution in [0.2, 0.25) is 0 Å². The molecule has 128 valence electrons. The van der Waals surface area contributed by atoms with Crippen molar-refractivity contribution in [3.8, 4) is 5.75 Å². The summed E-state index contributed by atoms with van der Waals surface area (Å²) in [6.45, 7) is 4.36. The van der Waals surface area contributed by atoms with E-state index in [1.165, 1.54) is 5.56 Å². The zero-order chi connectivity index (χ0) is 17.4. The van der Waals surface area contributed by atoms with Crippen LogP contribution in [0.15, 0.2) is 54.6 Å². The first-order valence-electron chi connectivity index (χ1n) is 8.55. The molecule has 2 aromatic carbocycles. The summed E-state index contributed by atoms with van der Waals surface area (Å²) in [6.07, 6.45) is 2.17. The molecule has 0 saturated heterocycles. The Labute approximate surface area is 145 Å². The van der Waals surface area contributed by atoms with Gasteiger partial charge in [0.15, 0.2) is 0 Å². The summed E-state index contributed by atoms with van der Waals surface area (Å²) in [7, 11) is 1.65. The van der Waals surface area contributed by atoms with Crippen LogP contribution < -0.4 is 10.1 Å². The summed E-state index contributed by atoms with van der Waals surface area (Å²) >= 11 is 0. The number of carbonyl (C=O) groups excluding carboxylic acids is 1. The number of aryl methyl sites for hydroxylation is 1. The van der Waals surface area contributed by atoms with Gasteiger partial charge in [0.25, 0.3) is 0 Å². The van der Waals surface area contributed by atoms with Crippen molar-refractivity contribution in [2.24, 2.45) is 5.92 Å². The Hall–Kier alpha value is -2.29. The van der Waals surface area contributed by atoms with E-state index in [4.69, 9.17) is 4.74 Å². The average molecular weight is 325 g/mol. The maximum Gasteiger partial charge on any atom is 0.220 e. The van der Waals surface area contributed by atoms with E-state index in [2.05, 4.69) is 31.3 Å². The molecule has 24 heavy (non-hydrogen) atoms. The number of hydrogen-bond acceptors (Lipinski definition) is 2. The van der Waals surface area contributed by atoms with E-state index in [-0.39, 0.29) is 11.9 Å². The second-order valence-electron chi connectivity index (χ2n) is 6.51. The number of methoxy groups -OCH3 is 1. The van der Waals surface area contributed by atoms with Gasteiger partial charge in [-0.2, -0.15) is 0 Å². The maximum atomic E-state index is 12.4. The lowest BCUT2D eigenvalue weighted by atomic mass is 9.96. The normalized spacial score (nSPS) is 12.0. The number of amides is 1. The summed E-state index contributed by atoms with van der Waals surface area (Å²) in [5, 5.41) is 3.19. The van der Waals surface area contributed by atoms with Gasteiger partial charge < -0.3 is 10.1 Å². The Morgan fingerprint density at radius 1 is 1.04 bits per heavy atom. The molecular formula is C21H27NO2. The number of nitrogens with one attached hydrogen (secondary N) is 1. The van der Waals surface area contributed by atoms with E-state index in [0.717, 1.165) is 24.2 Å². The molecule has 0 spiro atoms. The Morgan fingerprint density at radius 3 is 2.29 bits per heavy atom. The summed E-state index contributed by atoms with van der Waals surface area (Å²) < 4.78 is 5.15. The van der Waals surface area contributed by atoms with Crippen molar-refractivity contribution in [2.75, 3.05) is 7.11 Å². The zero-order valence-electron chi connectivity index (χ0n) is 14.8. The van der Waals surface area contributed by atoms with E-state index in [9.17, 15) is 4.79 Å². The molecule has 3 nitrogen and oxygen atoms in total. The van der Waals surface area contributed by atoms with E-state index in [1.54, 1.807) is 7.11 Å². The molecule has 0 saturated carbocycles. The smallest absolute Gasteiger partial charge is 0.220 e. The second-order valence-corrected chi connectivity index (χ2v) is 6.51. The molecule has 2 rings (SSSR count). The van der Waals surface area contributed by atoms with Crippen molar-refractivity contribution in [3.05, 3.63) is 65.7 Å². The first-order chi connectivity index (χ1) is 11.6. The minimum absolute atomic E-state index is 0.0783. The van der Waals surface area contributed by atoms with E-state index in [0.29, 0.717) is 12.3 Å². The van der Waals surface area contributed by atoms with Crippen LogP contribution in [-0.4, -0.2) is 13.0 Å². The molecule has 0 aliphatic heterocycles. The molecule has 0 aliphatic rings. The zero-order valence-corrected chi connectivity index (χ0v) is 14.8. The highest BCUT2D eigenvalue weighted by molar-refractivity contribution is 5.76. The van der Waals surface area contributed by atoms with Gasteiger partial charge in [-0.05, 0) is 42.0 Å². The van der Waals surface area contributed by atoms with Gasteiger partial charge in [0.2, 0.25) is 5.91 Å². The van der Waals surface area contributed by atoms with Crippen LogP contribution >= 0.6 is 0 Å². The second kappa shape index (κ2) is 9.11. The number of hydrogen-bond donors (Lipinski definition) is 1. The minimum atomic E-state index is 0.0783. The van der Waals surface area contributed by atoms with Crippen molar-refractivity contribution >= 4 is 5.91 Å². The van der Waals surface area contributed by atoms with Crippen molar-refractivity contribution in [1.29, 1.82) is 0 Å². The van der Waals surface area contributed by atoms with Crippen LogP contribution in [0, 0.1) is 5.92 Å². The van der Waals surface area contributed by atoms with E-state index >= 15 is 0 Å². The summed E-state index contributed by atoms with van der Waals surface area (Å²) in [5.74, 6) is 1.46. The fraction of sp³-hybridized carbons (Fsp3) is 0.381. The van der Waals surface area contributed by atoms with Gasteiger partial charge >= 0.3 is 0 Å². The summed E-state index contributed by atoms with van der Waals surface area (Å²) in [5.41, 5.74) is 2.31. The third kappa shape index (κ3) is 5.73. The Balaban J connectivity index is 1.92. The van der Waals surface area contributed by atoms with Crippen LogP contribution in [0.5, 0.6) is 5.75 Å². The maximum absolute atomic E-state index is 12.4. The van der Waals surface area contributed by atoms with Crippen molar-refractivity contribution in [3.63, 3.8) is 0 Å². The quantitative estimate of drug-likeness (QED) is 0.774. The molecule has 0 aliphatic carbocycles. The van der Waals surface area contributed by atoms with Crippen LogP contribution in [0.4, 0.5) is 0 Å². The van der Waals surface area contributed by atoms with Gasteiger partial charge in [0.1, 0.15) is 5.75 Å². The molecule has 0 heterocycles. The number of benzene rings is 2. The Bertz CT molecular complexity index is 620. The molecule has 0 fully saturated rings.